The molecule has 2 saturated heterocycles. The number of rotatable bonds is 3. The number of hydrogen-bond acceptors (Lipinski definition) is 4. The largest absolute Gasteiger partial charge is 0.377 e. The van der Waals surface area contributed by atoms with Crippen molar-refractivity contribution >= 4 is 0 Å². The smallest absolute Gasteiger partial charge is 0.122 e. The van der Waals surface area contributed by atoms with Gasteiger partial charge in [-0.05, 0) is 11.5 Å². The van der Waals surface area contributed by atoms with Gasteiger partial charge in [-0.1, -0.05) is 44.2 Å². The maximum Gasteiger partial charge on any atom is 0.122 e. The van der Waals surface area contributed by atoms with E-state index in [1.54, 1.807) is 0 Å². The Balaban J connectivity index is 1.77. The number of likely N-dealkylation sites (tertiary alicyclic amines) is 1. The minimum atomic E-state index is -0.424. The van der Waals surface area contributed by atoms with Gasteiger partial charge in [-0.25, -0.2) is 5.43 Å². The third-order valence-electron chi connectivity index (χ3n) is 4.41. The summed E-state index contributed by atoms with van der Waals surface area (Å²) in [5.41, 5.74) is 7.59. The lowest BCUT2D eigenvalue weighted by molar-refractivity contribution is 0.0972. The number of fused-ring (bicyclic) bond motifs is 1. The fourth-order valence-corrected chi connectivity index (χ4v) is 3.59. The van der Waals surface area contributed by atoms with E-state index in [1.807, 2.05) is 0 Å². The third kappa shape index (κ3) is 2.41. The van der Waals surface area contributed by atoms with Crippen LogP contribution in [0.3, 0.4) is 0 Å². The first-order chi connectivity index (χ1) is 9.16. The maximum atomic E-state index is 9.98. The highest BCUT2D eigenvalue weighted by atomic mass is 16.3. The Morgan fingerprint density at radius 3 is 2.68 bits per heavy atom. The molecule has 2 heterocycles. The summed E-state index contributed by atoms with van der Waals surface area (Å²) in [4.78, 5) is 2.51. The molecular weight excluding hydrogens is 238 g/mol. The molecule has 2 fully saturated rings. The lowest BCUT2D eigenvalue weighted by Gasteiger charge is -2.31. The standard InChI is InChI=1S/C15H23N3O/c1-10(2)14-13-12(15(19)17-16-13)9-18(14)8-11-6-4-3-5-7-11/h3-7,10,12-17,19H,8-9H2,1-2H3. The quantitative estimate of drug-likeness (QED) is 0.758. The Labute approximate surface area is 114 Å². The Bertz CT molecular complexity index is 423. The SMILES string of the molecule is CC(C)C1C2NNC(O)C2CN1Cc1ccccc1. The summed E-state index contributed by atoms with van der Waals surface area (Å²) >= 11 is 0. The van der Waals surface area contributed by atoms with Gasteiger partial charge in [-0.3, -0.25) is 10.3 Å². The topological polar surface area (TPSA) is 47.5 Å². The first kappa shape index (κ1) is 13.1. The molecule has 1 aromatic rings. The summed E-state index contributed by atoms with van der Waals surface area (Å²) in [6, 6.07) is 11.4. The van der Waals surface area contributed by atoms with Crippen LogP contribution in [0.15, 0.2) is 30.3 Å². The van der Waals surface area contributed by atoms with E-state index in [4.69, 9.17) is 0 Å². The second-order valence-corrected chi connectivity index (χ2v) is 6.07. The van der Waals surface area contributed by atoms with Crippen molar-refractivity contribution in [3.05, 3.63) is 35.9 Å². The molecule has 0 radical (unpaired) electrons. The summed E-state index contributed by atoms with van der Waals surface area (Å²) in [7, 11) is 0. The molecule has 2 aliphatic rings. The van der Waals surface area contributed by atoms with E-state index in [1.165, 1.54) is 5.56 Å². The van der Waals surface area contributed by atoms with Gasteiger partial charge in [-0.15, -0.1) is 0 Å². The van der Waals surface area contributed by atoms with E-state index < -0.39 is 6.23 Å². The molecule has 104 valence electrons. The van der Waals surface area contributed by atoms with Crippen LogP contribution in [0.4, 0.5) is 0 Å². The zero-order chi connectivity index (χ0) is 13.4. The first-order valence-corrected chi connectivity index (χ1v) is 7.14. The highest BCUT2D eigenvalue weighted by Crippen LogP contribution is 2.33. The number of aliphatic hydroxyl groups is 1. The van der Waals surface area contributed by atoms with Crippen molar-refractivity contribution < 1.29 is 5.11 Å². The van der Waals surface area contributed by atoms with Crippen LogP contribution in [0.25, 0.3) is 0 Å². The maximum absolute atomic E-state index is 9.98. The molecule has 0 amide bonds. The minimum absolute atomic E-state index is 0.288. The predicted octanol–water partition coefficient (Wildman–Crippen LogP) is 0.938. The van der Waals surface area contributed by atoms with E-state index in [0.29, 0.717) is 18.0 Å². The van der Waals surface area contributed by atoms with Crippen LogP contribution < -0.4 is 10.9 Å². The second kappa shape index (κ2) is 5.21. The van der Waals surface area contributed by atoms with Crippen LogP contribution in [-0.2, 0) is 6.54 Å². The zero-order valence-corrected chi connectivity index (χ0v) is 11.6. The van der Waals surface area contributed by atoms with Gasteiger partial charge in [0.2, 0.25) is 0 Å². The third-order valence-corrected chi connectivity index (χ3v) is 4.41. The number of aliphatic hydroxyl groups excluding tert-OH is 1. The van der Waals surface area contributed by atoms with E-state index in [2.05, 4.69) is 59.9 Å². The van der Waals surface area contributed by atoms with Gasteiger partial charge in [0.15, 0.2) is 0 Å². The highest BCUT2D eigenvalue weighted by molar-refractivity contribution is 5.16. The van der Waals surface area contributed by atoms with Gasteiger partial charge >= 0.3 is 0 Å². The zero-order valence-electron chi connectivity index (χ0n) is 11.6. The van der Waals surface area contributed by atoms with Crippen molar-refractivity contribution in [2.24, 2.45) is 11.8 Å². The van der Waals surface area contributed by atoms with Crippen LogP contribution in [0.2, 0.25) is 0 Å². The molecule has 0 spiro atoms. The van der Waals surface area contributed by atoms with Crippen LogP contribution in [0, 0.1) is 11.8 Å². The van der Waals surface area contributed by atoms with Crippen molar-refractivity contribution in [3.63, 3.8) is 0 Å². The number of hydrogen-bond donors (Lipinski definition) is 3. The number of hydrazine groups is 1. The number of nitrogens with zero attached hydrogens (tertiary/aromatic N) is 1. The molecule has 4 heteroatoms. The fraction of sp³-hybridized carbons (Fsp3) is 0.600. The van der Waals surface area contributed by atoms with Gasteiger partial charge in [-0.2, -0.15) is 0 Å². The Hall–Kier alpha value is -0.940. The monoisotopic (exact) mass is 261 g/mol. The molecule has 4 nitrogen and oxygen atoms in total. The van der Waals surface area contributed by atoms with Crippen molar-refractivity contribution in [1.82, 2.24) is 15.8 Å². The lowest BCUT2D eigenvalue weighted by Crippen LogP contribution is -2.47. The van der Waals surface area contributed by atoms with Gasteiger partial charge in [0.1, 0.15) is 6.23 Å². The molecule has 2 aliphatic heterocycles. The van der Waals surface area contributed by atoms with Gasteiger partial charge < -0.3 is 5.11 Å². The molecule has 3 rings (SSSR count). The molecule has 4 atom stereocenters. The average molecular weight is 261 g/mol. The molecule has 1 aromatic carbocycles. The average Bonchev–Trinajstić information content (AvgIpc) is 2.91. The summed E-state index contributed by atoms with van der Waals surface area (Å²) in [6.07, 6.45) is -0.424. The molecule has 3 N–H and O–H groups in total. The fourth-order valence-electron chi connectivity index (χ4n) is 3.59. The minimum Gasteiger partial charge on any atom is -0.377 e. The normalized spacial score (nSPS) is 34.9. The van der Waals surface area contributed by atoms with E-state index >= 15 is 0 Å². The molecular formula is C15H23N3O. The second-order valence-electron chi connectivity index (χ2n) is 6.07. The Kier molecular flexibility index (Phi) is 3.58. The van der Waals surface area contributed by atoms with Gasteiger partial charge in [0.25, 0.3) is 0 Å². The predicted molar refractivity (Wildman–Crippen MR) is 75.0 cm³/mol. The Morgan fingerprint density at radius 2 is 2.00 bits per heavy atom. The van der Waals surface area contributed by atoms with Crippen molar-refractivity contribution in [1.29, 1.82) is 0 Å². The number of nitrogens with one attached hydrogen (secondary N) is 2. The first-order valence-electron chi connectivity index (χ1n) is 7.14. The molecule has 0 saturated carbocycles. The number of benzene rings is 1. The van der Waals surface area contributed by atoms with Gasteiger partial charge in [0.05, 0.1) is 0 Å². The lowest BCUT2D eigenvalue weighted by atomic mass is 9.92. The molecule has 0 aromatic heterocycles. The molecule has 4 unspecified atom stereocenters. The molecule has 19 heavy (non-hydrogen) atoms. The van der Waals surface area contributed by atoms with Crippen molar-refractivity contribution in [2.45, 2.75) is 38.7 Å². The van der Waals surface area contributed by atoms with E-state index in [-0.39, 0.29) is 5.92 Å². The van der Waals surface area contributed by atoms with Crippen molar-refractivity contribution in [3.8, 4) is 0 Å². The molecule has 0 bridgehead atoms. The van der Waals surface area contributed by atoms with Crippen LogP contribution in [0.5, 0.6) is 0 Å². The van der Waals surface area contributed by atoms with E-state index in [0.717, 1.165) is 13.1 Å². The highest BCUT2D eigenvalue weighted by Gasteiger charge is 2.49. The van der Waals surface area contributed by atoms with E-state index in [9.17, 15) is 5.11 Å². The summed E-state index contributed by atoms with van der Waals surface area (Å²) in [5.74, 6) is 0.856. The summed E-state index contributed by atoms with van der Waals surface area (Å²) < 4.78 is 0. The summed E-state index contributed by atoms with van der Waals surface area (Å²) in [6.45, 7) is 6.43. The molecule has 0 aliphatic carbocycles. The van der Waals surface area contributed by atoms with Crippen LogP contribution >= 0.6 is 0 Å². The van der Waals surface area contributed by atoms with Crippen LogP contribution in [-0.4, -0.2) is 34.9 Å². The van der Waals surface area contributed by atoms with Crippen molar-refractivity contribution in [2.75, 3.05) is 6.54 Å². The van der Waals surface area contributed by atoms with Crippen LogP contribution in [0.1, 0.15) is 19.4 Å². The van der Waals surface area contributed by atoms with Gasteiger partial charge in [0, 0.05) is 31.1 Å². The Morgan fingerprint density at radius 1 is 1.26 bits per heavy atom. The summed E-state index contributed by atoms with van der Waals surface area (Å²) in [5, 5.41) is 9.98.